The molecule has 0 atom stereocenters. The second-order valence-electron chi connectivity index (χ2n) is 7.44. The van der Waals surface area contributed by atoms with Crippen molar-refractivity contribution in [3.63, 3.8) is 0 Å². The highest BCUT2D eigenvalue weighted by atomic mass is 35.5. The van der Waals surface area contributed by atoms with Gasteiger partial charge in [0.15, 0.2) is 0 Å². The maximum absolute atomic E-state index is 10.7. The van der Waals surface area contributed by atoms with Crippen LogP contribution in [0.3, 0.4) is 0 Å². The zero-order valence-corrected chi connectivity index (χ0v) is 17.9. The van der Waals surface area contributed by atoms with E-state index in [2.05, 4.69) is 0 Å². The van der Waals surface area contributed by atoms with E-state index in [-0.39, 0.29) is 6.16 Å². The van der Waals surface area contributed by atoms with Crippen molar-refractivity contribution in [1.29, 1.82) is 0 Å². The van der Waals surface area contributed by atoms with Crippen molar-refractivity contribution < 1.29 is 14.4 Å². The first kappa shape index (κ1) is 25.4. The van der Waals surface area contributed by atoms with Gasteiger partial charge in [-0.1, -0.05) is 103 Å². The minimum atomic E-state index is -3.76. The van der Waals surface area contributed by atoms with E-state index in [9.17, 15) is 4.57 Å². The van der Waals surface area contributed by atoms with Crippen LogP contribution >= 0.6 is 19.2 Å². The summed E-state index contributed by atoms with van der Waals surface area (Å²) in [5.41, 5.74) is 0. The van der Waals surface area contributed by atoms with Crippen LogP contribution in [0.15, 0.2) is 0 Å². The standard InChI is InChI=1S/C20H42ClO3P/c21-19-17-15-13-11-9-7-5-3-1-2-4-6-8-10-12-14-16-18-20-25(22,23)24/h1-20H2,(H2,22,23,24). The van der Waals surface area contributed by atoms with E-state index in [4.69, 9.17) is 21.4 Å². The van der Waals surface area contributed by atoms with Crippen molar-refractivity contribution in [2.24, 2.45) is 0 Å². The molecule has 2 N–H and O–H groups in total. The lowest BCUT2D eigenvalue weighted by molar-refractivity contribution is 0.370. The highest BCUT2D eigenvalue weighted by molar-refractivity contribution is 7.51. The number of halogens is 1. The number of alkyl halides is 1. The second kappa shape index (κ2) is 19.2. The Labute approximate surface area is 161 Å². The van der Waals surface area contributed by atoms with Gasteiger partial charge in [0.25, 0.3) is 0 Å². The first-order valence-electron chi connectivity index (χ1n) is 10.7. The third-order valence-corrected chi connectivity index (χ3v) is 6.00. The van der Waals surface area contributed by atoms with E-state index in [1.807, 2.05) is 0 Å². The number of hydrogen-bond donors (Lipinski definition) is 2. The summed E-state index contributed by atoms with van der Waals surface area (Å²) in [6.45, 7) is 0. The predicted molar refractivity (Wildman–Crippen MR) is 111 cm³/mol. The average molecular weight is 397 g/mol. The summed E-state index contributed by atoms with van der Waals surface area (Å²) < 4.78 is 10.7. The molecule has 0 saturated carbocycles. The summed E-state index contributed by atoms with van der Waals surface area (Å²) in [4.78, 5) is 17.5. The minimum Gasteiger partial charge on any atom is -0.324 e. The molecule has 0 aromatic heterocycles. The number of rotatable bonds is 20. The molecule has 0 amide bonds. The van der Waals surface area contributed by atoms with Crippen LogP contribution in [-0.2, 0) is 4.57 Å². The van der Waals surface area contributed by atoms with Crippen LogP contribution in [0.5, 0.6) is 0 Å². The van der Waals surface area contributed by atoms with Crippen LogP contribution in [0.4, 0.5) is 0 Å². The maximum Gasteiger partial charge on any atom is 0.325 e. The van der Waals surface area contributed by atoms with Crippen LogP contribution in [0.25, 0.3) is 0 Å². The molecule has 0 aliphatic heterocycles. The normalized spacial score (nSPS) is 12.0. The van der Waals surface area contributed by atoms with Gasteiger partial charge in [-0.15, -0.1) is 11.6 Å². The van der Waals surface area contributed by atoms with Gasteiger partial charge in [0.05, 0.1) is 0 Å². The molecule has 152 valence electrons. The molecule has 0 saturated heterocycles. The maximum atomic E-state index is 10.7. The van der Waals surface area contributed by atoms with E-state index >= 15 is 0 Å². The zero-order chi connectivity index (χ0) is 18.6. The Balaban J connectivity index is 3.02. The van der Waals surface area contributed by atoms with Crippen LogP contribution in [0.1, 0.15) is 116 Å². The van der Waals surface area contributed by atoms with E-state index in [0.717, 1.165) is 18.7 Å². The van der Waals surface area contributed by atoms with Crippen LogP contribution < -0.4 is 0 Å². The predicted octanol–water partition coefficient (Wildman–Crippen LogP) is 7.42. The molecule has 0 bridgehead atoms. The summed E-state index contributed by atoms with van der Waals surface area (Å²) in [7, 11) is -3.76. The largest absolute Gasteiger partial charge is 0.325 e. The molecule has 0 rings (SSSR count). The third kappa shape index (κ3) is 24.4. The van der Waals surface area contributed by atoms with E-state index in [0.29, 0.717) is 6.42 Å². The number of hydrogen-bond acceptors (Lipinski definition) is 1. The van der Waals surface area contributed by atoms with Gasteiger partial charge in [0.2, 0.25) is 0 Å². The van der Waals surface area contributed by atoms with Crippen LogP contribution in [-0.4, -0.2) is 21.8 Å². The topological polar surface area (TPSA) is 57.5 Å². The van der Waals surface area contributed by atoms with Crippen molar-refractivity contribution in [3.8, 4) is 0 Å². The molecule has 0 aromatic rings. The molecule has 0 aliphatic carbocycles. The summed E-state index contributed by atoms with van der Waals surface area (Å²) in [6, 6.07) is 0. The molecule has 0 fully saturated rings. The van der Waals surface area contributed by atoms with Crippen molar-refractivity contribution in [1.82, 2.24) is 0 Å². The quantitative estimate of drug-likeness (QED) is 0.128. The van der Waals surface area contributed by atoms with Crippen LogP contribution in [0, 0.1) is 0 Å². The summed E-state index contributed by atoms with van der Waals surface area (Å²) >= 11 is 5.67. The zero-order valence-electron chi connectivity index (χ0n) is 16.3. The molecule has 0 heterocycles. The second-order valence-corrected chi connectivity index (χ2v) is 9.60. The SMILES string of the molecule is O=P(O)(O)CCCCCCCCCCCCCCCCCCCCCl. The Bertz CT molecular complexity index is 307. The molecular weight excluding hydrogens is 355 g/mol. The molecule has 3 nitrogen and oxygen atoms in total. The first-order valence-corrected chi connectivity index (χ1v) is 13.0. The summed E-state index contributed by atoms with van der Waals surface area (Å²) in [5.74, 6) is 0.819. The average Bonchev–Trinajstić information content (AvgIpc) is 2.56. The highest BCUT2D eigenvalue weighted by Gasteiger charge is 2.10. The molecular formula is C20H42ClO3P. The Kier molecular flexibility index (Phi) is 19.5. The molecule has 0 unspecified atom stereocenters. The molecule has 5 heteroatoms. The smallest absolute Gasteiger partial charge is 0.324 e. The van der Waals surface area contributed by atoms with Gasteiger partial charge >= 0.3 is 7.60 Å². The first-order chi connectivity index (χ1) is 12.1. The van der Waals surface area contributed by atoms with Gasteiger partial charge in [-0.05, 0) is 12.8 Å². The van der Waals surface area contributed by atoms with E-state index in [1.165, 1.54) is 96.3 Å². The van der Waals surface area contributed by atoms with Crippen molar-refractivity contribution in [2.75, 3.05) is 12.0 Å². The van der Waals surface area contributed by atoms with Gasteiger partial charge in [-0.25, -0.2) is 0 Å². The Morgan fingerprint density at radius 2 is 0.720 bits per heavy atom. The highest BCUT2D eigenvalue weighted by Crippen LogP contribution is 2.35. The van der Waals surface area contributed by atoms with Gasteiger partial charge < -0.3 is 9.79 Å². The van der Waals surface area contributed by atoms with Gasteiger partial charge in [-0.3, -0.25) is 4.57 Å². The molecule has 0 aliphatic rings. The summed E-state index contributed by atoms with van der Waals surface area (Å²) in [5, 5.41) is 0. The molecule has 0 aromatic carbocycles. The van der Waals surface area contributed by atoms with Gasteiger partial charge in [0.1, 0.15) is 0 Å². The fourth-order valence-electron chi connectivity index (χ4n) is 3.24. The molecule has 0 radical (unpaired) electrons. The fraction of sp³-hybridized carbons (Fsp3) is 1.00. The minimum absolute atomic E-state index is 0.0566. The van der Waals surface area contributed by atoms with Crippen molar-refractivity contribution in [3.05, 3.63) is 0 Å². The van der Waals surface area contributed by atoms with E-state index in [1.54, 1.807) is 0 Å². The third-order valence-electron chi connectivity index (χ3n) is 4.83. The molecule has 0 spiro atoms. The monoisotopic (exact) mass is 396 g/mol. The van der Waals surface area contributed by atoms with Crippen LogP contribution in [0.2, 0.25) is 0 Å². The van der Waals surface area contributed by atoms with Crippen molar-refractivity contribution >= 4 is 19.2 Å². The molecule has 25 heavy (non-hydrogen) atoms. The van der Waals surface area contributed by atoms with Crippen molar-refractivity contribution in [2.45, 2.75) is 116 Å². The van der Waals surface area contributed by atoms with Gasteiger partial charge in [-0.2, -0.15) is 0 Å². The Hall–Kier alpha value is 0.440. The lowest BCUT2D eigenvalue weighted by Crippen LogP contribution is -1.88. The number of unbranched alkanes of at least 4 members (excludes halogenated alkanes) is 17. The summed E-state index contributed by atoms with van der Waals surface area (Å²) in [6.07, 6.45) is 23.0. The Morgan fingerprint density at radius 3 is 0.960 bits per heavy atom. The lowest BCUT2D eigenvalue weighted by atomic mass is 10.0. The van der Waals surface area contributed by atoms with E-state index < -0.39 is 7.60 Å². The lowest BCUT2D eigenvalue weighted by Gasteiger charge is -2.04. The Morgan fingerprint density at radius 1 is 0.480 bits per heavy atom. The van der Waals surface area contributed by atoms with Gasteiger partial charge in [0, 0.05) is 12.0 Å². The fourth-order valence-corrected chi connectivity index (χ4v) is 4.07.